The Morgan fingerprint density at radius 1 is 0.938 bits per heavy atom. The Balaban J connectivity index is 1.11. The predicted octanol–water partition coefficient (Wildman–Crippen LogP) is 7.44. The number of carboxylic acid groups (broad SMARTS) is 1. The number of nitrogens with zero attached hydrogens (tertiary/aromatic N) is 2. The summed E-state index contributed by atoms with van der Waals surface area (Å²) in [5.41, 5.74) is 1.24. The monoisotopic (exact) mass is 696 g/mol. The third-order valence-electron chi connectivity index (χ3n) is 11.9. The summed E-state index contributed by atoms with van der Waals surface area (Å²) < 4.78 is 0. The number of amides is 3. The highest BCUT2D eigenvalue weighted by atomic mass is 35.5. The number of benzene rings is 1. The lowest BCUT2D eigenvalue weighted by Crippen LogP contribution is -2.67. The first kappa shape index (κ1) is 34.7. The molecule has 4 aliphatic carbocycles. The van der Waals surface area contributed by atoms with Gasteiger partial charge in [-0.05, 0) is 99.7 Å². The first-order valence-electron chi connectivity index (χ1n) is 17.6. The molecule has 11 heteroatoms. The van der Waals surface area contributed by atoms with E-state index in [9.17, 15) is 24.3 Å². The van der Waals surface area contributed by atoms with E-state index in [2.05, 4.69) is 22.5 Å². The van der Waals surface area contributed by atoms with Crippen LogP contribution in [0.1, 0.15) is 113 Å². The summed E-state index contributed by atoms with van der Waals surface area (Å²) in [6.07, 6.45) is 17.3. The standard InChI is InChI=1S/C37H46Cl2N4O5/c1-2-3-4-13-36-14-17-37(18-15-36,19-16-36)35(48)43-26-11-7-24(8-12-26)31(43)33(45)42-29(34(46)47)20-23-5-9-25(10-6-23)41-32(44)30-27(38)21-40-22-28(30)39/h5-6,9-10,21-22,24,26,29,31H,2-4,7-8,11-20H2,1H3,(H,41,44)(H,42,45)(H,46,47). The number of fused-ring (bicyclic) bond motifs is 6. The number of hydrogen-bond donors (Lipinski definition) is 3. The van der Waals surface area contributed by atoms with Crippen LogP contribution in [-0.2, 0) is 20.8 Å². The van der Waals surface area contributed by atoms with E-state index in [0.717, 1.165) is 64.2 Å². The van der Waals surface area contributed by atoms with Crippen LogP contribution in [0.4, 0.5) is 5.69 Å². The van der Waals surface area contributed by atoms with Gasteiger partial charge in [0.25, 0.3) is 5.91 Å². The van der Waals surface area contributed by atoms with E-state index in [1.54, 1.807) is 24.3 Å². The summed E-state index contributed by atoms with van der Waals surface area (Å²) in [4.78, 5) is 59.5. The molecule has 258 valence electrons. The molecule has 6 aliphatic rings. The van der Waals surface area contributed by atoms with Gasteiger partial charge in [0.2, 0.25) is 11.8 Å². The number of pyridine rings is 1. The van der Waals surface area contributed by atoms with Crippen molar-refractivity contribution in [1.82, 2.24) is 15.2 Å². The van der Waals surface area contributed by atoms with Crippen molar-refractivity contribution >= 4 is 52.6 Å². The van der Waals surface area contributed by atoms with Gasteiger partial charge in [0.1, 0.15) is 12.1 Å². The van der Waals surface area contributed by atoms with Gasteiger partial charge in [-0.2, -0.15) is 0 Å². The molecule has 0 radical (unpaired) electrons. The van der Waals surface area contributed by atoms with Crippen molar-refractivity contribution in [1.29, 1.82) is 0 Å². The number of anilines is 1. The van der Waals surface area contributed by atoms with Crippen LogP contribution < -0.4 is 10.6 Å². The zero-order chi connectivity index (χ0) is 34.1. The van der Waals surface area contributed by atoms with Gasteiger partial charge in [0.15, 0.2) is 0 Å². The summed E-state index contributed by atoms with van der Waals surface area (Å²) >= 11 is 12.2. The molecule has 2 saturated heterocycles. The number of aliphatic carboxylic acids is 1. The van der Waals surface area contributed by atoms with Crippen molar-refractivity contribution in [2.45, 2.75) is 121 Å². The molecule has 0 spiro atoms. The highest BCUT2D eigenvalue weighted by molar-refractivity contribution is 6.40. The Hall–Kier alpha value is -3.17. The summed E-state index contributed by atoms with van der Waals surface area (Å²) in [5.74, 6) is -1.83. The van der Waals surface area contributed by atoms with Crippen LogP contribution in [0, 0.1) is 16.7 Å². The van der Waals surface area contributed by atoms with Gasteiger partial charge in [0, 0.05) is 36.0 Å². The molecule has 8 rings (SSSR count). The zero-order valence-electron chi connectivity index (χ0n) is 27.6. The topological polar surface area (TPSA) is 129 Å². The smallest absolute Gasteiger partial charge is 0.326 e. The summed E-state index contributed by atoms with van der Waals surface area (Å²) in [7, 11) is 0. The normalized spacial score (nSPS) is 28.1. The minimum absolute atomic E-state index is 0.0359. The average Bonchev–Trinajstić information content (AvgIpc) is 3.09. The molecule has 2 atom stereocenters. The van der Waals surface area contributed by atoms with Crippen molar-refractivity contribution < 1.29 is 24.3 Å². The average molecular weight is 698 g/mol. The third kappa shape index (κ3) is 6.95. The van der Waals surface area contributed by atoms with Crippen molar-refractivity contribution in [3.05, 3.63) is 57.8 Å². The molecule has 3 amide bonds. The highest BCUT2D eigenvalue weighted by Gasteiger charge is 2.57. The molecule has 3 N–H and O–H groups in total. The largest absolute Gasteiger partial charge is 0.480 e. The van der Waals surface area contributed by atoms with Crippen LogP contribution >= 0.6 is 23.2 Å². The number of carboxylic acids is 1. The molecule has 48 heavy (non-hydrogen) atoms. The lowest BCUT2D eigenvalue weighted by Gasteiger charge is -2.58. The molecule has 4 saturated carbocycles. The van der Waals surface area contributed by atoms with Gasteiger partial charge in [-0.25, -0.2) is 4.79 Å². The van der Waals surface area contributed by atoms with E-state index in [1.165, 1.54) is 38.1 Å². The number of carbonyl (C=O) groups is 4. The Morgan fingerprint density at radius 2 is 1.56 bits per heavy atom. The fourth-order valence-electron chi connectivity index (χ4n) is 9.00. The van der Waals surface area contributed by atoms with Crippen molar-refractivity contribution in [2.24, 2.45) is 16.7 Å². The fourth-order valence-corrected chi connectivity index (χ4v) is 9.54. The maximum Gasteiger partial charge on any atom is 0.326 e. The highest BCUT2D eigenvalue weighted by Crippen LogP contribution is 2.60. The third-order valence-corrected chi connectivity index (χ3v) is 12.5. The molecule has 1 aromatic carbocycles. The second-order valence-electron chi connectivity index (χ2n) is 14.7. The van der Waals surface area contributed by atoms with Crippen molar-refractivity contribution in [3.8, 4) is 0 Å². The molecule has 9 nitrogen and oxygen atoms in total. The number of nitrogens with one attached hydrogen (secondary N) is 2. The number of unbranched alkanes of at least 4 members (excludes halogenated alkanes) is 2. The minimum atomic E-state index is -1.17. The Morgan fingerprint density at radius 3 is 2.15 bits per heavy atom. The van der Waals surface area contributed by atoms with Gasteiger partial charge < -0.3 is 20.6 Å². The SMILES string of the molecule is CCCCCC12CCC(C(=O)N3C4CCC(CC4)C3C(=O)NC(Cc3ccc(NC(=O)c4c(Cl)cncc4Cl)cc3)C(=O)O)(CC1)CC2. The lowest BCUT2D eigenvalue weighted by atomic mass is 9.52. The second-order valence-corrected chi connectivity index (χ2v) is 15.5. The van der Waals surface area contributed by atoms with Crippen LogP contribution in [0.25, 0.3) is 0 Å². The molecule has 6 fully saturated rings. The molecular formula is C37H46Cl2N4O5. The quantitative estimate of drug-likeness (QED) is 0.198. The first-order chi connectivity index (χ1) is 23.0. The van der Waals surface area contributed by atoms with Gasteiger partial charge >= 0.3 is 5.97 Å². The van der Waals surface area contributed by atoms with E-state index in [0.29, 0.717) is 16.7 Å². The molecule has 4 bridgehead atoms. The number of hydrogen-bond acceptors (Lipinski definition) is 5. The molecule has 2 unspecified atom stereocenters. The van der Waals surface area contributed by atoms with Crippen LogP contribution in [0.15, 0.2) is 36.7 Å². The molecule has 1 aromatic heterocycles. The first-order valence-corrected chi connectivity index (χ1v) is 18.4. The van der Waals surface area contributed by atoms with Crippen LogP contribution in [-0.4, -0.2) is 56.8 Å². The van der Waals surface area contributed by atoms with E-state index in [-0.39, 0.29) is 51.2 Å². The predicted molar refractivity (Wildman–Crippen MR) is 185 cm³/mol. The number of halogens is 2. The maximum atomic E-state index is 14.5. The van der Waals surface area contributed by atoms with Crippen LogP contribution in [0.3, 0.4) is 0 Å². The molecular weight excluding hydrogens is 651 g/mol. The number of rotatable bonds is 12. The van der Waals surface area contributed by atoms with E-state index in [4.69, 9.17) is 23.2 Å². The van der Waals surface area contributed by atoms with E-state index >= 15 is 0 Å². The Bertz CT molecular complexity index is 1500. The summed E-state index contributed by atoms with van der Waals surface area (Å²) in [6, 6.07) is 4.96. The van der Waals surface area contributed by atoms with Gasteiger partial charge in [-0.3, -0.25) is 19.4 Å². The minimum Gasteiger partial charge on any atom is -0.480 e. The van der Waals surface area contributed by atoms with Crippen molar-refractivity contribution in [2.75, 3.05) is 5.32 Å². The molecule has 3 heterocycles. The molecule has 2 aromatic rings. The van der Waals surface area contributed by atoms with Crippen LogP contribution in [0.2, 0.25) is 10.0 Å². The maximum absolute atomic E-state index is 14.5. The van der Waals surface area contributed by atoms with Crippen molar-refractivity contribution in [3.63, 3.8) is 0 Å². The number of piperidine rings is 2. The van der Waals surface area contributed by atoms with E-state index < -0.39 is 24.0 Å². The van der Waals surface area contributed by atoms with Crippen LogP contribution in [0.5, 0.6) is 0 Å². The fraction of sp³-hybridized carbons (Fsp3) is 0.595. The Kier molecular flexibility index (Phi) is 10.4. The van der Waals surface area contributed by atoms with Gasteiger partial charge in [-0.15, -0.1) is 0 Å². The second kappa shape index (κ2) is 14.4. The summed E-state index contributed by atoms with van der Waals surface area (Å²) in [5, 5.41) is 16.0. The Labute approximate surface area is 292 Å². The van der Waals surface area contributed by atoms with E-state index in [1.807, 2.05) is 4.90 Å². The lowest BCUT2D eigenvalue weighted by molar-refractivity contribution is -0.170. The number of carbonyl (C=O) groups excluding carboxylic acids is 3. The number of aromatic nitrogens is 1. The van der Waals surface area contributed by atoms with Gasteiger partial charge in [-0.1, -0.05) is 61.5 Å². The molecule has 2 aliphatic heterocycles. The summed E-state index contributed by atoms with van der Waals surface area (Å²) in [6.45, 7) is 2.24. The zero-order valence-corrected chi connectivity index (χ0v) is 29.1. The van der Waals surface area contributed by atoms with Gasteiger partial charge in [0.05, 0.1) is 15.6 Å².